The molecular formula is C15H10N2O2S. The molecular weight excluding hydrogens is 272 g/mol. The maximum Gasteiger partial charge on any atom is 0.356 e. The van der Waals surface area contributed by atoms with Gasteiger partial charge in [-0.3, -0.25) is 0 Å². The normalized spacial score (nSPS) is 10.6. The van der Waals surface area contributed by atoms with Crippen molar-refractivity contribution in [3.05, 3.63) is 60.3 Å². The molecule has 5 heteroatoms. The molecule has 0 bridgehead atoms. The van der Waals surface area contributed by atoms with E-state index in [1.54, 1.807) is 6.07 Å². The zero-order chi connectivity index (χ0) is 13.9. The number of rotatable bonds is 3. The third-order valence-electron chi connectivity index (χ3n) is 2.80. The molecule has 20 heavy (non-hydrogen) atoms. The summed E-state index contributed by atoms with van der Waals surface area (Å²) in [5, 5.41) is 19.4. The molecule has 0 unspecified atom stereocenters. The van der Waals surface area contributed by atoms with E-state index in [4.69, 9.17) is 5.11 Å². The number of carboxylic acids is 1. The van der Waals surface area contributed by atoms with Crippen LogP contribution in [0.2, 0.25) is 0 Å². The summed E-state index contributed by atoms with van der Waals surface area (Å²) >= 11 is 1.46. The number of aromatic nitrogens is 2. The van der Waals surface area contributed by atoms with Crippen LogP contribution in [0.3, 0.4) is 0 Å². The van der Waals surface area contributed by atoms with Crippen LogP contribution < -0.4 is 0 Å². The fourth-order valence-corrected chi connectivity index (χ4v) is 2.62. The first kappa shape index (κ1) is 12.6. The van der Waals surface area contributed by atoms with Crippen LogP contribution in [-0.4, -0.2) is 21.3 Å². The van der Waals surface area contributed by atoms with Crippen molar-refractivity contribution >= 4 is 28.5 Å². The Hall–Kier alpha value is -2.40. The highest BCUT2D eigenvalue weighted by Crippen LogP contribution is 2.28. The molecule has 4 nitrogen and oxygen atoms in total. The van der Waals surface area contributed by atoms with Gasteiger partial charge in [0.05, 0.1) is 0 Å². The van der Waals surface area contributed by atoms with Crippen molar-refractivity contribution in [3.8, 4) is 0 Å². The van der Waals surface area contributed by atoms with Crippen LogP contribution in [0, 0.1) is 0 Å². The highest BCUT2D eigenvalue weighted by molar-refractivity contribution is 7.99. The smallest absolute Gasteiger partial charge is 0.356 e. The molecule has 0 amide bonds. The minimum Gasteiger partial charge on any atom is -0.476 e. The Balaban J connectivity index is 1.87. The Bertz CT molecular complexity index is 772. The van der Waals surface area contributed by atoms with Gasteiger partial charge in [0.1, 0.15) is 5.03 Å². The van der Waals surface area contributed by atoms with E-state index in [-0.39, 0.29) is 5.69 Å². The first-order valence-corrected chi connectivity index (χ1v) is 6.78. The van der Waals surface area contributed by atoms with Crippen molar-refractivity contribution in [1.82, 2.24) is 10.2 Å². The van der Waals surface area contributed by atoms with Crippen molar-refractivity contribution in [3.63, 3.8) is 0 Å². The summed E-state index contributed by atoms with van der Waals surface area (Å²) in [5.74, 6) is -1.07. The molecule has 0 saturated carbocycles. The van der Waals surface area contributed by atoms with E-state index in [1.807, 2.05) is 18.2 Å². The molecule has 0 aliphatic heterocycles. The lowest BCUT2D eigenvalue weighted by molar-refractivity contribution is 0.0689. The SMILES string of the molecule is O=C(O)c1ccc(Sc2ccc3ccccc3c2)nn1. The highest BCUT2D eigenvalue weighted by atomic mass is 32.2. The average Bonchev–Trinajstić information content (AvgIpc) is 2.48. The molecule has 0 radical (unpaired) electrons. The maximum absolute atomic E-state index is 10.7. The summed E-state index contributed by atoms with van der Waals surface area (Å²) in [4.78, 5) is 11.8. The molecule has 0 spiro atoms. The van der Waals surface area contributed by atoms with Gasteiger partial charge < -0.3 is 5.11 Å². The minimum absolute atomic E-state index is 0.0483. The van der Waals surface area contributed by atoms with Crippen molar-refractivity contribution in [2.45, 2.75) is 9.92 Å². The second-order valence-electron chi connectivity index (χ2n) is 4.17. The number of hydrogen-bond acceptors (Lipinski definition) is 4. The number of nitrogens with zero attached hydrogens (tertiary/aromatic N) is 2. The third kappa shape index (κ3) is 2.62. The van der Waals surface area contributed by atoms with E-state index in [1.165, 1.54) is 23.2 Å². The zero-order valence-electron chi connectivity index (χ0n) is 10.4. The monoisotopic (exact) mass is 282 g/mol. The molecule has 1 aromatic heterocycles. The van der Waals surface area contributed by atoms with Crippen LogP contribution in [0.4, 0.5) is 0 Å². The number of carboxylic acid groups (broad SMARTS) is 1. The summed E-state index contributed by atoms with van der Waals surface area (Å²) in [6.45, 7) is 0. The second-order valence-corrected chi connectivity index (χ2v) is 5.27. The predicted molar refractivity (Wildman–Crippen MR) is 77.1 cm³/mol. The number of aromatic carboxylic acids is 1. The molecule has 3 aromatic rings. The fraction of sp³-hybridized carbons (Fsp3) is 0. The minimum atomic E-state index is -1.07. The van der Waals surface area contributed by atoms with Gasteiger partial charge in [0.15, 0.2) is 5.69 Å². The van der Waals surface area contributed by atoms with Gasteiger partial charge in [0, 0.05) is 4.90 Å². The van der Waals surface area contributed by atoms with E-state index in [0.29, 0.717) is 5.03 Å². The summed E-state index contributed by atoms with van der Waals surface area (Å²) in [5.41, 5.74) is -0.0483. The Morgan fingerprint density at radius 2 is 1.75 bits per heavy atom. The molecule has 0 aliphatic rings. The molecule has 1 heterocycles. The van der Waals surface area contributed by atoms with Crippen LogP contribution in [0.15, 0.2) is 64.5 Å². The van der Waals surface area contributed by atoms with E-state index in [9.17, 15) is 4.79 Å². The molecule has 98 valence electrons. The van der Waals surface area contributed by atoms with Crippen molar-refractivity contribution < 1.29 is 9.90 Å². The van der Waals surface area contributed by atoms with E-state index in [2.05, 4.69) is 34.5 Å². The summed E-state index contributed by atoms with van der Waals surface area (Å²) in [6.07, 6.45) is 0. The van der Waals surface area contributed by atoms with Crippen LogP contribution in [0.1, 0.15) is 10.5 Å². The molecule has 3 rings (SSSR count). The molecule has 2 aromatic carbocycles. The average molecular weight is 282 g/mol. The number of hydrogen-bond donors (Lipinski definition) is 1. The lowest BCUT2D eigenvalue weighted by Gasteiger charge is -2.03. The van der Waals surface area contributed by atoms with E-state index < -0.39 is 5.97 Å². The van der Waals surface area contributed by atoms with E-state index in [0.717, 1.165) is 10.3 Å². The van der Waals surface area contributed by atoms with Crippen molar-refractivity contribution in [2.24, 2.45) is 0 Å². The second kappa shape index (κ2) is 5.30. The topological polar surface area (TPSA) is 63.1 Å². The van der Waals surface area contributed by atoms with Gasteiger partial charge in [-0.25, -0.2) is 4.79 Å². The van der Waals surface area contributed by atoms with Gasteiger partial charge in [-0.05, 0) is 35.0 Å². The van der Waals surface area contributed by atoms with Gasteiger partial charge in [0.2, 0.25) is 0 Å². The van der Waals surface area contributed by atoms with Crippen LogP contribution in [0.5, 0.6) is 0 Å². The Labute approximate surface area is 119 Å². The van der Waals surface area contributed by atoms with Crippen LogP contribution >= 0.6 is 11.8 Å². The van der Waals surface area contributed by atoms with Gasteiger partial charge in [-0.15, -0.1) is 10.2 Å². The van der Waals surface area contributed by atoms with Crippen molar-refractivity contribution in [1.29, 1.82) is 0 Å². The molecule has 0 saturated heterocycles. The summed E-state index contributed by atoms with van der Waals surface area (Å²) in [7, 11) is 0. The van der Waals surface area contributed by atoms with Crippen LogP contribution in [-0.2, 0) is 0 Å². The number of fused-ring (bicyclic) bond motifs is 1. The Morgan fingerprint density at radius 3 is 2.45 bits per heavy atom. The van der Waals surface area contributed by atoms with Crippen molar-refractivity contribution in [2.75, 3.05) is 0 Å². The van der Waals surface area contributed by atoms with E-state index >= 15 is 0 Å². The summed E-state index contributed by atoms with van der Waals surface area (Å²) < 4.78 is 0. The first-order chi connectivity index (χ1) is 9.72. The van der Waals surface area contributed by atoms with Crippen LogP contribution in [0.25, 0.3) is 10.8 Å². The lowest BCUT2D eigenvalue weighted by Crippen LogP contribution is -2.01. The largest absolute Gasteiger partial charge is 0.476 e. The summed E-state index contributed by atoms with van der Waals surface area (Å²) in [6, 6.07) is 17.4. The van der Waals surface area contributed by atoms with Gasteiger partial charge in [-0.2, -0.15) is 0 Å². The number of benzene rings is 2. The molecule has 1 N–H and O–H groups in total. The Morgan fingerprint density at radius 1 is 0.950 bits per heavy atom. The Kier molecular flexibility index (Phi) is 3.35. The highest BCUT2D eigenvalue weighted by Gasteiger charge is 2.06. The van der Waals surface area contributed by atoms with Gasteiger partial charge in [-0.1, -0.05) is 42.1 Å². The molecule has 0 fully saturated rings. The predicted octanol–water partition coefficient (Wildman–Crippen LogP) is 3.48. The van der Waals surface area contributed by atoms with Gasteiger partial charge >= 0.3 is 5.97 Å². The first-order valence-electron chi connectivity index (χ1n) is 5.96. The molecule has 0 atom stereocenters. The molecule has 0 aliphatic carbocycles. The fourth-order valence-electron chi connectivity index (χ4n) is 1.84. The lowest BCUT2D eigenvalue weighted by atomic mass is 10.1. The maximum atomic E-state index is 10.7. The number of carbonyl (C=O) groups is 1. The van der Waals surface area contributed by atoms with Gasteiger partial charge in [0.25, 0.3) is 0 Å². The zero-order valence-corrected chi connectivity index (χ0v) is 11.2. The standard InChI is InChI=1S/C15H10N2O2S/c18-15(19)13-7-8-14(17-16-13)20-12-6-5-10-3-1-2-4-11(10)9-12/h1-9H,(H,18,19). The quantitative estimate of drug-likeness (QED) is 0.796. The third-order valence-corrected chi connectivity index (χ3v) is 3.72.